The zero-order valence-corrected chi connectivity index (χ0v) is 7.63. The van der Waals surface area contributed by atoms with Crippen LogP contribution in [0.5, 0.6) is 0 Å². The Morgan fingerprint density at radius 3 is 2.31 bits per heavy atom. The van der Waals surface area contributed by atoms with E-state index in [1.807, 2.05) is 19.1 Å². The molecule has 1 aromatic carbocycles. The SMILES string of the molecule is Cc1ccc(C2(F)CC(O)C2)cc1. The van der Waals surface area contributed by atoms with Gasteiger partial charge in [-0.2, -0.15) is 0 Å². The Kier molecular flexibility index (Phi) is 1.88. The van der Waals surface area contributed by atoms with Crippen LogP contribution in [-0.4, -0.2) is 11.2 Å². The van der Waals surface area contributed by atoms with Gasteiger partial charge in [-0.05, 0) is 12.5 Å². The molecule has 1 nitrogen and oxygen atoms in total. The number of hydrogen-bond acceptors (Lipinski definition) is 1. The molecule has 13 heavy (non-hydrogen) atoms. The monoisotopic (exact) mass is 180 g/mol. The van der Waals surface area contributed by atoms with Gasteiger partial charge in [0, 0.05) is 12.8 Å². The van der Waals surface area contributed by atoms with Gasteiger partial charge in [-0.3, -0.25) is 0 Å². The molecule has 0 unspecified atom stereocenters. The molecular formula is C11H13FO. The Morgan fingerprint density at radius 2 is 1.85 bits per heavy atom. The van der Waals surface area contributed by atoms with Crippen LogP contribution >= 0.6 is 0 Å². The third kappa shape index (κ3) is 1.46. The quantitative estimate of drug-likeness (QED) is 0.703. The van der Waals surface area contributed by atoms with Crippen LogP contribution in [0.2, 0.25) is 0 Å². The first kappa shape index (κ1) is 8.70. The smallest absolute Gasteiger partial charge is 0.140 e. The van der Waals surface area contributed by atoms with Gasteiger partial charge in [0.1, 0.15) is 5.67 Å². The van der Waals surface area contributed by atoms with Gasteiger partial charge < -0.3 is 5.11 Å². The van der Waals surface area contributed by atoms with Gasteiger partial charge >= 0.3 is 0 Å². The van der Waals surface area contributed by atoms with Crippen LogP contribution < -0.4 is 0 Å². The standard InChI is InChI=1S/C11H13FO/c1-8-2-4-9(5-3-8)11(12)6-10(13)7-11/h2-5,10,13H,6-7H2,1H3. The van der Waals surface area contributed by atoms with E-state index in [4.69, 9.17) is 5.11 Å². The van der Waals surface area contributed by atoms with Crippen molar-refractivity contribution in [2.24, 2.45) is 0 Å². The fourth-order valence-corrected chi connectivity index (χ4v) is 1.78. The molecular weight excluding hydrogens is 167 g/mol. The van der Waals surface area contributed by atoms with Crippen molar-refractivity contribution in [3.63, 3.8) is 0 Å². The lowest BCUT2D eigenvalue weighted by Crippen LogP contribution is -2.40. The van der Waals surface area contributed by atoms with E-state index < -0.39 is 11.8 Å². The first-order valence-corrected chi connectivity index (χ1v) is 4.54. The molecule has 1 fully saturated rings. The Labute approximate surface area is 77.2 Å². The van der Waals surface area contributed by atoms with Crippen molar-refractivity contribution >= 4 is 0 Å². The number of benzene rings is 1. The van der Waals surface area contributed by atoms with Gasteiger partial charge in [0.25, 0.3) is 0 Å². The van der Waals surface area contributed by atoms with Crippen LogP contribution in [0.4, 0.5) is 4.39 Å². The predicted octanol–water partition coefficient (Wildman–Crippen LogP) is 2.31. The highest BCUT2D eigenvalue weighted by molar-refractivity contribution is 5.29. The minimum absolute atomic E-state index is 0.246. The van der Waals surface area contributed by atoms with E-state index in [1.54, 1.807) is 12.1 Å². The number of aliphatic hydroxyl groups excluding tert-OH is 1. The molecule has 0 spiro atoms. The summed E-state index contributed by atoms with van der Waals surface area (Å²) in [4.78, 5) is 0. The van der Waals surface area contributed by atoms with E-state index in [1.165, 1.54) is 0 Å². The minimum atomic E-state index is -1.27. The molecule has 0 radical (unpaired) electrons. The van der Waals surface area contributed by atoms with Crippen LogP contribution in [0, 0.1) is 6.92 Å². The fourth-order valence-electron chi connectivity index (χ4n) is 1.78. The Hall–Kier alpha value is -0.890. The zero-order valence-electron chi connectivity index (χ0n) is 7.63. The second-order valence-electron chi connectivity index (χ2n) is 3.89. The largest absolute Gasteiger partial charge is 0.393 e. The first-order valence-electron chi connectivity index (χ1n) is 4.54. The maximum absolute atomic E-state index is 13.9. The Balaban J connectivity index is 2.22. The average molecular weight is 180 g/mol. The van der Waals surface area contributed by atoms with E-state index in [0.717, 1.165) is 5.56 Å². The number of halogens is 1. The van der Waals surface area contributed by atoms with E-state index in [-0.39, 0.29) is 12.8 Å². The molecule has 1 aromatic rings. The van der Waals surface area contributed by atoms with Gasteiger partial charge in [0.05, 0.1) is 6.10 Å². The molecule has 1 aliphatic carbocycles. The summed E-state index contributed by atoms with van der Waals surface area (Å²) in [6.45, 7) is 1.98. The summed E-state index contributed by atoms with van der Waals surface area (Å²) < 4.78 is 13.9. The Morgan fingerprint density at radius 1 is 1.31 bits per heavy atom. The maximum Gasteiger partial charge on any atom is 0.140 e. The molecule has 0 heterocycles. The summed E-state index contributed by atoms with van der Waals surface area (Å²) in [5, 5.41) is 9.06. The highest BCUT2D eigenvalue weighted by atomic mass is 19.1. The fraction of sp³-hybridized carbons (Fsp3) is 0.455. The molecule has 0 amide bonds. The summed E-state index contributed by atoms with van der Waals surface area (Å²) in [7, 11) is 0. The molecule has 2 rings (SSSR count). The molecule has 0 aromatic heterocycles. The Bertz CT molecular complexity index is 298. The van der Waals surface area contributed by atoms with E-state index >= 15 is 0 Å². The van der Waals surface area contributed by atoms with E-state index in [9.17, 15) is 4.39 Å². The second kappa shape index (κ2) is 2.81. The van der Waals surface area contributed by atoms with Crippen molar-refractivity contribution in [3.05, 3.63) is 35.4 Å². The van der Waals surface area contributed by atoms with Crippen LogP contribution in [0.1, 0.15) is 24.0 Å². The molecule has 70 valence electrons. The predicted molar refractivity (Wildman–Crippen MR) is 49.2 cm³/mol. The van der Waals surface area contributed by atoms with Crippen molar-refractivity contribution in [1.82, 2.24) is 0 Å². The highest BCUT2D eigenvalue weighted by Gasteiger charge is 2.45. The van der Waals surface area contributed by atoms with E-state index in [0.29, 0.717) is 5.56 Å². The van der Waals surface area contributed by atoms with Gasteiger partial charge in [-0.25, -0.2) is 4.39 Å². The van der Waals surface area contributed by atoms with Crippen LogP contribution in [0.15, 0.2) is 24.3 Å². The van der Waals surface area contributed by atoms with E-state index in [2.05, 4.69) is 0 Å². The topological polar surface area (TPSA) is 20.2 Å². The van der Waals surface area contributed by atoms with Gasteiger partial charge in [0.2, 0.25) is 0 Å². The van der Waals surface area contributed by atoms with Crippen molar-refractivity contribution in [2.45, 2.75) is 31.5 Å². The normalized spacial score (nSPS) is 32.7. The molecule has 0 atom stereocenters. The minimum Gasteiger partial charge on any atom is -0.393 e. The lowest BCUT2D eigenvalue weighted by Gasteiger charge is -2.38. The summed E-state index contributed by atoms with van der Waals surface area (Å²) in [6.07, 6.45) is 0.0397. The van der Waals surface area contributed by atoms with Crippen molar-refractivity contribution in [2.75, 3.05) is 0 Å². The summed E-state index contributed by atoms with van der Waals surface area (Å²) in [5.74, 6) is 0. The molecule has 1 aliphatic rings. The van der Waals surface area contributed by atoms with Gasteiger partial charge in [0.15, 0.2) is 0 Å². The average Bonchev–Trinajstić information content (AvgIpc) is 2.03. The maximum atomic E-state index is 13.9. The zero-order chi connectivity index (χ0) is 9.47. The molecule has 2 heteroatoms. The number of rotatable bonds is 1. The number of aryl methyl sites for hydroxylation is 1. The van der Waals surface area contributed by atoms with Crippen molar-refractivity contribution in [1.29, 1.82) is 0 Å². The van der Waals surface area contributed by atoms with Crippen molar-refractivity contribution < 1.29 is 9.50 Å². The molecule has 0 saturated heterocycles. The van der Waals surface area contributed by atoms with Crippen LogP contribution in [0.3, 0.4) is 0 Å². The second-order valence-corrected chi connectivity index (χ2v) is 3.89. The number of aliphatic hydroxyl groups is 1. The third-order valence-corrected chi connectivity index (χ3v) is 2.69. The first-order chi connectivity index (χ1) is 6.10. The van der Waals surface area contributed by atoms with Crippen LogP contribution in [-0.2, 0) is 5.67 Å². The highest BCUT2D eigenvalue weighted by Crippen LogP contribution is 2.45. The van der Waals surface area contributed by atoms with Gasteiger partial charge in [-0.1, -0.05) is 29.8 Å². The molecule has 1 saturated carbocycles. The number of alkyl halides is 1. The van der Waals surface area contributed by atoms with Crippen LogP contribution in [0.25, 0.3) is 0 Å². The summed E-state index contributed by atoms with van der Waals surface area (Å²) >= 11 is 0. The third-order valence-electron chi connectivity index (χ3n) is 2.69. The summed E-state index contributed by atoms with van der Waals surface area (Å²) in [5.41, 5.74) is 0.559. The summed E-state index contributed by atoms with van der Waals surface area (Å²) in [6, 6.07) is 7.42. The van der Waals surface area contributed by atoms with Crippen molar-refractivity contribution in [3.8, 4) is 0 Å². The lowest BCUT2D eigenvalue weighted by molar-refractivity contribution is -0.0606. The lowest BCUT2D eigenvalue weighted by atomic mass is 9.74. The van der Waals surface area contributed by atoms with Gasteiger partial charge in [-0.15, -0.1) is 0 Å². The molecule has 1 N–H and O–H groups in total. The molecule has 0 aliphatic heterocycles. The molecule has 0 bridgehead atoms. The number of hydrogen-bond donors (Lipinski definition) is 1.